The lowest BCUT2D eigenvalue weighted by atomic mass is 9.99. The van der Waals surface area contributed by atoms with Crippen LogP contribution in [0.5, 0.6) is 0 Å². The molecule has 0 amide bonds. The molecule has 2 N–H and O–H groups in total. The second-order valence-corrected chi connectivity index (χ2v) is 6.78. The molecule has 1 aliphatic heterocycles. The number of aromatic nitrogens is 2. The van der Waals surface area contributed by atoms with Gasteiger partial charge in [0.05, 0.1) is 17.6 Å². The summed E-state index contributed by atoms with van der Waals surface area (Å²) in [5.74, 6) is 0. The van der Waals surface area contributed by atoms with Gasteiger partial charge in [0.1, 0.15) is 6.33 Å². The lowest BCUT2D eigenvalue weighted by Gasteiger charge is -2.18. The Bertz CT molecular complexity index is 774. The van der Waals surface area contributed by atoms with Gasteiger partial charge in [0.15, 0.2) is 0 Å². The highest BCUT2D eigenvalue weighted by atomic mass is 32.2. The fourth-order valence-electron chi connectivity index (χ4n) is 2.48. The second-order valence-electron chi connectivity index (χ2n) is 5.03. The zero-order chi connectivity index (χ0) is 14.9. The molecule has 21 heavy (non-hydrogen) atoms. The van der Waals surface area contributed by atoms with E-state index < -0.39 is 10.0 Å². The van der Waals surface area contributed by atoms with Crippen molar-refractivity contribution in [3.63, 3.8) is 0 Å². The Labute approximate surface area is 123 Å². The molecule has 0 saturated heterocycles. The molecule has 0 saturated carbocycles. The number of nitrogens with one attached hydrogen (secondary N) is 2. The van der Waals surface area contributed by atoms with Gasteiger partial charge in [-0.3, -0.25) is 4.72 Å². The average molecular weight is 304 g/mol. The maximum atomic E-state index is 11.3. The highest BCUT2D eigenvalue weighted by Crippen LogP contribution is 2.27. The largest absolute Gasteiger partial charge is 0.311 e. The van der Waals surface area contributed by atoms with E-state index in [0.717, 1.165) is 48.3 Å². The van der Waals surface area contributed by atoms with Crippen molar-refractivity contribution < 1.29 is 8.42 Å². The molecule has 3 rings (SSSR count). The van der Waals surface area contributed by atoms with Gasteiger partial charge in [-0.15, -0.1) is 0 Å². The van der Waals surface area contributed by atoms with Gasteiger partial charge in [0, 0.05) is 23.4 Å². The number of hydrogen-bond donors (Lipinski definition) is 2. The van der Waals surface area contributed by atoms with Gasteiger partial charge < -0.3 is 5.32 Å². The molecule has 2 heterocycles. The van der Waals surface area contributed by atoms with Gasteiger partial charge in [0.25, 0.3) is 0 Å². The predicted octanol–water partition coefficient (Wildman–Crippen LogP) is 1.16. The highest BCUT2D eigenvalue weighted by Gasteiger charge is 2.16. The van der Waals surface area contributed by atoms with Gasteiger partial charge in [-0.25, -0.2) is 18.4 Å². The molecule has 6 nitrogen and oxygen atoms in total. The first-order valence-corrected chi connectivity index (χ1v) is 8.54. The molecular formula is C14H16N4O2S. The summed E-state index contributed by atoms with van der Waals surface area (Å²) < 4.78 is 25.2. The first-order valence-electron chi connectivity index (χ1n) is 6.64. The van der Waals surface area contributed by atoms with Crippen molar-refractivity contribution in [1.82, 2.24) is 15.3 Å². The Balaban J connectivity index is 2.03. The molecule has 0 aliphatic carbocycles. The molecule has 1 aromatic carbocycles. The lowest BCUT2D eigenvalue weighted by Crippen LogP contribution is -2.25. The van der Waals surface area contributed by atoms with Crippen LogP contribution in [-0.4, -0.2) is 31.2 Å². The van der Waals surface area contributed by atoms with E-state index in [-0.39, 0.29) is 0 Å². The van der Waals surface area contributed by atoms with Gasteiger partial charge in [-0.1, -0.05) is 12.1 Å². The van der Waals surface area contributed by atoms with E-state index >= 15 is 0 Å². The normalized spacial score (nSPS) is 14.5. The highest BCUT2D eigenvalue weighted by molar-refractivity contribution is 7.92. The summed E-state index contributed by atoms with van der Waals surface area (Å²) in [5, 5.41) is 3.28. The molecule has 0 radical (unpaired) electrons. The summed E-state index contributed by atoms with van der Waals surface area (Å²) in [6.07, 6.45) is 3.56. The van der Waals surface area contributed by atoms with Crippen molar-refractivity contribution >= 4 is 15.7 Å². The number of rotatable bonds is 3. The van der Waals surface area contributed by atoms with Crippen LogP contribution in [0.3, 0.4) is 0 Å². The van der Waals surface area contributed by atoms with Crippen LogP contribution in [0.2, 0.25) is 0 Å². The molecular weight excluding hydrogens is 288 g/mol. The van der Waals surface area contributed by atoms with Crippen molar-refractivity contribution in [3.8, 4) is 11.3 Å². The third kappa shape index (κ3) is 3.20. The SMILES string of the molecule is CS(=O)(=O)Nc1cccc(-c2ncnc3c2CCNC3)c1. The van der Waals surface area contributed by atoms with Crippen LogP contribution in [0.1, 0.15) is 11.3 Å². The Morgan fingerprint density at radius 3 is 2.95 bits per heavy atom. The summed E-state index contributed by atoms with van der Waals surface area (Å²) in [5.41, 5.74) is 4.44. The van der Waals surface area contributed by atoms with Gasteiger partial charge in [0.2, 0.25) is 10.0 Å². The molecule has 0 atom stereocenters. The number of fused-ring (bicyclic) bond motifs is 1. The summed E-state index contributed by atoms with van der Waals surface area (Å²) in [7, 11) is -3.29. The average Bonchev–Trinajstić information content (AvgIpc) is 2.45. The van der Waals surface area contributed by atoms with Crippen LogP contribution >= 0.6 is 0 Å². The van der Waals surface area contributed by atoms with Crippen LogP contribution in [0, 0.1) is 0 Å². The van der Waals surface area contributed by atoms with Crippen molar-refractivity contribution in [2.45, 2.75) is 13.0 Å². The molecule has 1 aliphatic rings. The quantitative estimate of drug-likeness (QED) is 0.889. The maximum absolute atomic E-state index is 11.3. The minimum Gasteiger partial charge on any atom is -0.311 e. The van der Waals surface area contributed by atoms with Crippen molar-refractivity contribution in [1.29, 1.82) is 0 Å². The van der Waals surface area contributed by atoms with Crippen molar-refractivity contribution in [2.75, 3.05) is 17.5 Å². The standard InChI is InChI=1S/C14H16N4O2S/c1-21(19,20)18-11-4-2-3-10(7-11)14-12-5-6-15-8-13(12)16-9-17-14/h2-4,7,9,15,18H,5-6,8H2,1H3. The maximum Gasteiger partial charge on any atom is 0.229 e. The minimum absolute atomic E-state index is 0.538. The Morgan fingerprint density at radius 1 is 1.29 bits per heavy atom. The Hall–Kier alpha value is -1.99. The van der Waals surface area contributed by atoms with E-state index in [4.69, 9.17) is 0 Å². The van der Waals surface area contributed by atoms with Gasteiger partial charge >= 0.3 is 0 Å². The third-order valence-corrected chi connectivity index (χ3v) is 3.92. The number of benzene rings is 1. The summed E-state index contributed by atoms with van der Waals surface area (Å²) >= 11 is 0. The molecule has 0 fully saturated rings. The van der Waals surface area contributed by atoms with Crippen LogP contribution in [0.15, 0.2) is 30.6 Å². The van der Waals surface area contributed by atoms with E-state index in [1.807, 2.05) is 12.1 Å². The minimum atomic E-state index is -3.29. The molecule has 0 spiro atoms. The summed E-state index contributed by atoms with van der Waals surface area (Å²) in [6.45, 7) is 1.64. The van der Waals surface area contributed by atoms with E-state index in [1.165, 1.54) is 0 Å². The predicted molar refractivity (Wildman–Crippen MR) is 81.3 cm³/mol. The smallest absolute Gasteiger partial charge is 0.229 e. The number of anilines is 1. The molecule has 7 heteroatoms. The fourth-order valence-corrected chi connectivity index (χ4v) is 3.03. The zero-order valence-electron chi connectivity index (χ0n) is 11.6. The third-order valence-electron chi connectivity index (χ3n) is 3.32. The van der Waals surface area contributed by atoms with E-state index in [9.17, 15) is 8.42 Å². The number of hydrogen-bond acceptors (Lipinski definition) is 5. The van der Waals surface area contributed by atoms with Crippen molar-refractivity contribution in [2.24, 2.45) is 0 Å². The second kappa shape index (κ2) is 5.42. The number of sulfonamides is 1. The molecule has 0 bridgehead atoms. The van der Waals surface area contributed by atoms with Gasteiger partial charge in [-0.2, -0.15) is 0 Å². The van der Waals surface area contributed by atoms with E-state index in [1.54, 1.807) is 18.5 Å². The summed E-state index contributed by atoms with van der Waals surface area (Å²) in [6, 6.07) is 7.27. The molecule has 110 valence electrons. The molecule has 1 aromatic heterocycles. The Morgan fingerprint density at radius 2 is 2.14 bits per heavy atom. The fraction of sp³-hybridized carbons (Fsp3) is 0.286. The monoisotopic (exact) mass is 304 g/mol. The first-order chi connectivity index (χ1) is 10.0. The van der Waals surface area contributed by atoms with E-state index in [0.29, 0.717) is 5.69 Å². The van der Waals surface area contributed by atoms with Gasteiger partial charge in [-0.05, 0) is 25.1 Å². The Kier molecular flexibility index (Phi) is 3.60. The van der Waals surface area contributed by atoms with Crippen molar-refractivity contribution in [3.05, 3.63) is 41.9 Å². The van der Waals surface area contributed by atoms with Crippen LogP contribution in [-0.2, 0) is 23.0 Å². The molecule has 0 unspecified atom stereocenters. The molecule has 2 aromatic rings. The first kappa shape index (κ1) is 14.0. The van der Waals surface area contributed by atoms with Crippen LogP contribution < -0.4 is 10.0 Å². The zero-order valence-corrected chi connectivity index (χ0v) is 12.4. The van der Waals surface area contributed by atoms with Crippen LogP contribution in [0.4, 0.5) is 5.69 Å². The lowest BCUT2D eigenvalue weighted by molar-refractivity contribution is 0.607. The topological polar surface area (TPSA) is 84.0 Å². The van der Waals surface area contributed by atoms with Crippen LogP contribution in [0.25, 0.3) is 11.3 Å². The summed E-state index contributed by atoms with van der Waals surface area (Å²) in [4.78, 5) is 8.69. The van der Waals surface area contributed by atoms with E-state index in [2.05, 4.69) is 20.0 Å². The number of nitrogens with zero attached hydrogens (tertiary/aromatic N) is 2.